The first-order chi connectivity index (χ1) is 19.6. The normalized spacial score (nSPS) is 11.8. The van der Waals surface area contributed by atoms with Crippen LogP contribution >= 0.6 is 0 Å². The fraction of sp³-hybridized carbons (Fsp3) is 0.0312. The van der Waals surface area contributed by atoms with Crippen LogP contribution in [0.1, 0.15) is 12.7 Å². The van der Waals surface area contributed by atoms with Crippen LogP contribution < -0.4 is 5.56 Å². The fourth-order valence-corrected chi connectivity index (χ4v) is 5.29. The van der Waals surface area contributed by atoms with Gasteiger partial charge in [-0.2, -0.15) is 9.97 Å². The molecule has 0 spiro atoms. The summed E-state index contributed by atoms with van der Waals surface area (Å²) in [7, 11) is 0. The minimum absolute atomic E-state index is 0.170. The van der Waals surface area contributed by atoms with Gasteiger partial charge >= 0.3 is 0 Å². The molecule has 0 saturated carbocycles. The smallest absolute Gasteiger partial charge is 0.269 e. The molecule has 0 bridgehead atoms. The average molecular weight is 521 g/mol. The van der Waals surface area contributed by atoms with Crippen LogP contribution in [0.2, 0.25) is 0 Å². The van der Waals surface area contributed by atoms with Crippen molar-refractivity contribution in [1.82, 2.24) is 28.9 Å². The number of hydrogen-bond acceptors (Lipinski definition) is 6. The Morgan fingerprint density at radius 3 is 2.33 bits per heavy atom. The highest BCUT2D eigenvalue weighted by molar-refractivity contribution is 6.05. The van der Waals surface area contributed by atoms with Crippen molar-refractivity contribution >= 4 is 55.2 Å². The number of benzene rings is 4. The predicted octanol–water partition coefficient (Wildman–Crippen LogP) is 6.58. The molecule has 4 aromatic carbocycles. The second kappa shape index (κ2) is 8.18. The van der Waals surface area contributed by atoms with Gasteiger partial charge in [-0.3, -0.25) is 9.20 Å². The van der Waals surface area contributed by atoms with Crippen LogP contribution in [-0.4, -0.2) is 28.9 Å². The number of allylic oxidation sites excluding steroid dienone is 1. The molecule has 0 aliphatic heterocycles. The zero-order valence-electron chi connectivity index (χ0n) is 21.4. The van der Waals surface area contributed by atoms with Crippen molar-refractivity contribution in [3.8, 4) is 17.3 Å². The maximum absolute atomic E-state index is 14.0. The van der Waals surface area contributed by atoms with Crippen LogP contribution in [0.4, 0.5) is 0 Å². The van der Waals surface area contributed by atoms with Crippen LogP contribution in [0.3, 0.4) is 0 Å². The Balaban J connectivity index is 1.44. The molecular weight excluding hydrogens is 500 g/mol. The minimum atomic E-state index is -0.268. The van der Waals surface area contributed by atoms with Crippen molar-refractivity contribution < 1.29 is 4.42 Å². The molecule has 8 nitrogen and oxygen atoms in total. The van der Waals surface area contributed by atoms with Gasteiger partial charge in [-0.15, -0.1) is 0 Å². The number of fused-ring (bicyclic) bond motifs is 8. The maximum atomic E-state index is 14.0. The molecule has 0 unspecified atom stereocenters. The molecule has 4 heterocycles. The summed E-state index contributed by atoms with van der Waals surface area (Å²) in [6, 6.07) is 29.1. The summed E-state index contributed by atoms with van der Waals surface area (Å²) in [6.07, 6.45) is 0. The zero-order chi connectivity index (χ0) is 27.0. The van der Waals surface area contributed by atoms with E-state index in [1.54, 1.807) is 6.07 Å². The summed E-state index contributed by atoms with van der Waals surface area (Å²) in [6.45, 7) is 5.89. The summed E-state index contributed by atoms with van der Waals surface area (Å²) >= 11 is 0. The lowest BCUT2D eigenvalue weighted by Crippen LogP contribution is -2.24. The third-order valence-corrected chi connectivity index (χ3v) is 7.16. The quantitative estimate of drug-likeness (QED) is 0.261. The number of hydrogen-bond donors (Lipinski definition) is 0. The monoisotopic (exact) mass is 520 g/mol. The Morgan fingerprint density at radius 1 is 0.750 bits per heavy atom. The van der Waals surface area contributed by atoms with Crippen molar-refractivity contribution in [3.05, 3.63) is 114 Å². The number of rotatable bonds is 3. The van der Waals surface area contributed by atoms with E-state index >= 15 is 0 Å². The Bertz CT molecular complexity index is 2400. The van der Waals surface area contributed by atoms with E-state index in [-0.39, 0.29) is 11.5 Å². The van der Waals surface area contributed by atoms with E-state index in [0.717, 1.165) is 44.1 Å². The molecule has 0 saturated heterocycles. The van der Waals surface area contributed by atoms with Gasteiger partial charge < -0.3 is 4.42 Å². The summed E-state index contributed by atoms with van der Waals surface area (Å²) < 4.78 is 9.54. The van der Waals surface area contributed by atoms with Gasteiger partial charge in [0.2, 0.25) is 11.7 Å². The largest absolute Gasteiger partial charge is 0.456 e. The molecule has 190 valence electrons. The molecule has 8 heteroatoms. The van der Waals surface area contributed by atoms with Crippen molar-refractivity contribution in [3.63, 3.8) is 0 Å². The summed E-state index contributed by atoms with van der Waals surface area (Å²) in [5, 5.41) is 2.57. The van der Waals surface area contributed by atoms with Crippen molar-refractivity contribution in [2.75, 3.05) is 0 Å². The number of imidazole rings is 1. The molecule has 8 rings (SSSR count). The van der Waals surface area contributed by atoms with Gasteiger partial charge in [0.25, 0.3) is 5.56 Å². The zero-order valence-corrected chi connectivity index (χ0v) is 21.4. The first-order valence-corrected chi connectivity index (χ1v) is 12.8. The third kappa shape index (κ3) is 3.16. The third-order valence-electron chi connectivity index (χ3n) is 7.16. The molecule has 8 aromatic rings. The molecule has 0 N–H and O–H groups in total. The molecule has 40 heavy (non-hydrogen) atoms. The van der Waals surface area contributed by atoms with Gasteiger partial charge in [0.15, 0.2) is 11.6 Å². The standard InChI is InChI=1S/C32H20N6O2/c1-18(2)28-34-29(19-15-16-21-20-9-4-8-14-26(20)40-27(21)17-19)36-31(35-28)38-30(39)22-10-3-6-12-24(22)37-25-13-7-5-11-23(25)33-32(37)38/h3-17H,1H2,2H3. The SMILES string of the molecule is C=C(C)c1nc(-c2ccc3c(c2)oc2ccccc23)nc(-n2c(=O)c3ccccc3n3c4ccccc4nc23)n1. The highest BCUT2D eigenvalue weighted by Crippen LogP contribution is 2.32. The molecule has 0 radical (unpaired) electrons. The van der Waals surface area contributed by atoms with Crippen LogP contribution in [0.25, 0.3) is 72.6 Å². The number of furan rings is 1. The molecule has 0 aliphatic carbocycles. The van der Waals surface area contributed by atoms with Gasteiger partial charge in [-0.25, -0.2) is 14.5 Å². The summed E-state index contributed by atoms with van der Waals surface area (Å²) in [5.41, 5.74) is 5.05. The van der Waals surface area contributed by atoms with Crippen LogP contribution in [0.5, 0.6) is 0 Å². The molecular formula is C32H20N6O2. The van der Waals surface area contributed by atoms with E-state index in [9.17, 15) is 4.79 Å². The Labute approximate surface area is 226 Å². The average Bonchev–Trinajstić information content (AvgIpc) is 3.55. The first-order valence-electron chi connectivity index (χ1n) is 12.8. The highest BCUT2D eigenvalue weighted by Gasteiger charge is 2.20. The fourth-order valence-electron chi connectivity index (χ4n) is 5.29. The van der Waals surface area contributed by atoms with Crippen molar-refractivity contribution in [2.24, 2.45) is 0 Å². The topological polar surface area (TPSA) is 91.1 Å². The lowest BCUT2D eigenvalue weighted by molar-refractivity contribution is 0.669. The first kappa shape index (κ1) is 22.4. The van der Waals surface area contributed by atoms with Crippen LogP contribution in [-0.2, 0) is 0 Å². The Kier molecular flexibility index (Phi) is 4.57. The lowest BCUT2D eigenvalue weighted by atomic mass is 10.1. The van der Waals surface area contributed by atoms with E-state index < -0.39 is 0 Å². The molecule has 0 aliphatic rings. The number of para-hydroxylation sites is 4. The van der Waals surface area contributed by atoms with Gasteiger partial charge in [0, 0.05) is 16.3 Å². The Hall–Kier alpha value is -5.63. The van der Waals surface area contributed by atoms with E-state index in [4.69, 9.17) is 19.4 Å². The van der Waals surface area contributed by atoms with E-state index in [2.05, 4.69) is 11.6 Å². The number of aromatic nitrogens is 6. The summed E-state index contributed by atoms with van der Waals surface area (Å²) in [4.78, 5) is 33.0. The highest BCUT2D eigenvalue weighted by atomic mass is 16.3. The van der Waals surface area contributed by atoms with E-state index in [0.29, 0.717) is 28.4 Å². The summed E-state index contributed by atoms with van der Waals surface area (Å²) in [5.74, 6) is 1.38. The van der Waals surface area contributed by atoms with Crippen molar-refractivity contribution in [1.29, 1.82) is 0 Å². The lowest BCUT2D eigenvalue weighted by Gasteiger charge is -2.12. The molecule has 0 fully saturated rings. The van der Waals surface area contributed by atoms with Gasteiger partial charge in [-0.05, 0) is 55.0 Å². The van der Waals surface area contributed by atoms with E-state index in [1.165, 1.54) is 4.57 Å². The van der Waals surface area contributed by atoms with Crippen LogP contribution in [0.15, 0.2) is 107 Å². The van der Waals surface area contributed by atoms with E-state index in [1.807, 2.05) is 96.3 Å². The second-order valence-corrected chi connectivity index (χ2v) is 9.77. The van der Waals surface area contributed by atoms with Crippen molar-refractivity contribution in [2.45, 2.75) is 6.92 Å². The number of nitrogens with zero attached hydrogens (tertiary/aromatic N) is 6. The van der Waals surface area contributed by atoms with Crippen LogP contribution in [0, 0.1) is 0 Å². The van der Waals surface area contributed by atoms with Gasteiger partial charge in [0.05, 0.1) is 21.9 Å². The van der Waals surface area contributed by atoms with Gasteiger partial charge in [0.1, 0.15) is 11.2 Å². The minimum Gasteiger partial charge on any atom is -0.456 e. The molecule has 0 atom stereocenters. The molecule has 4 aromatic heterocycles. The van der Waals surface area contributed by atoms with Gasteiger partial charge in [-0.1, -0.05) is 55.1 Å². The maximum Gasteiger partial charge on any atom is 0.269 e. The molecule has 0 amide bonds. The second-order valence-electron chi connectivity index (χ2n) is 9.77. The Morgan fingerprint density at radius 2 is 1.48 bits per heavy atom. The predicted molar refractivity (Wildman–Crippen MR) is 157 cm³/mol.